The summed E-state index contributed by atoms with van der Waals surface area (Å²) in [7, 11) is 2.01. The van der Waals surface area contributed by atoms with Gasteiger partial charge in [0.15, 0.2) is 0 Å². The van der Waals surface area contributed by atoms with E-state index in [0.717, 1.165) is 17.8 Å². The molecule has 1 aromatic carbocycles. The van der Waals surface area contributed by atoms with Crippen LogP contribution in [0.25, 0.3) is 0 Å². The molecule has 0 amide bonds. The van der Waals surface area contributed by atoms with Crippen LogP contribution in [0, 0.1) is 5.82 Å². The highest BCUT2D eigenvalue weighted by molar-refractivity contribution is 7.10. The lowest BCUT2D eigenvalue weighted by atomic mass is 10.1. The molecule has 0 spiro atoms. The summed E-state index contributed by atoms with van der Waals surface area (Å²) in [6.45, 7) is 5.77. The Hall–Kier alpha value is -1.39. The van der Waals surface area contributed by atoms with Gasteiger partial charge in [0.25, 0.3) is 0 Å². The molecule has 1 aromatic heterocycles. The number of hydrogen-bond acceptors (Lipinski definition) is 3. The number of halogens is 1. The van der Waals surface area contributed by atoms with Crippen molar-refractivity contribution in [2.45, 2.75) is 26.4 Å². The molecule has 1 heterocycles. The quantitative estimate of drug-likeness (QED) is 0.858. The summed E-state index contributed by atoms with van der Waals surface area (Å²) in [6.07, 6.45) is 0. The smallest absolute Gasteiger partial charge is 0.125 e. The number of rotatable bonds is 6. The minimum atomic E-state index is -0.180. The summed E-state index contributed by atoms with van der Waals surface area (Å²) >= 11 is 1.73. The summed E-state index contributed by atoms with van der Waals surface area (Å²) in [5.41, 5.74) is 1.89. The van der Waals surface area contributed by atoms with Gasteiger partial charge < -0.3 is 10.2 Å². The van der Waals surface area contributed by atoms with Crippen LogP contribution in [0.1, 0.15) is 30.3 Å². The van der Waals surface area contributed by atoms with Gasteiger partial charge >= 0.3 is 0 Å². The molecule has 0 aliphatic rings. The highest BCUT2D eigenvalue weighted by Gasteiger charge is 2.14. The summed E-state index contributed by atoms with van der Waals surface area (Å²) in [5, 5.41) is 5.30. The van der Waals surface area contributed by atoms with Gasteiger partial charge in [0.1, 0.15) is 5.82 Å². The van der Waals surface area contributed by atoms with Crippen molar-refractivity contribution in [3.05, 3.63) is 52.0 Å². The van der Waals surface area contributed by atoms with E-state index in [1.54, 1.807) is 23.5 Å². The predicted octanol–water partition coefficient (Wildman–Crippen LogP) is 4.19. The second-order valence-corrected chi connectivity index (χ2v) is 5.88. The standard InChI is InChI=1S/C16H21FN2S/c1-4-18-11-13-8-14(17)10-15(9-13)19(3)12(2)16-6-5-7-20-16/h5-10,12,18H,4,11H2,1-3H3. The molecule has 4 heteroatoms. The van der Waals surface area contributed by atoms with Crippen LogP contribution in [0.5, 0.6) is 0 Å². The zero-order valence-corrected chi connectivity index (χ0v) is 13.0. The van der Waals surface area contributed by atoms with Crippen molar-refractivity contribution in [3.8, 4) is 0 Å². The normalized spacial score (nSPS) is 12.4. The van der Waals surface area contributed by atoms with Crippen LogP contribution in [0.2, 0.25) is 0 Å². The average molecular weight is 292 g/mol. The molecule has 0 aliphatic carbocycles. The van der Waals surface area contributed by atoms with Crippen molar-refractivity contribution in [3.63, 3.8) is 0 Å². The first-order valence-corrected chi connectivity index (χ1v) is 7.76. The zero-order chi connectivity index (χ0) is 14.5. The largest absolute Gasteiger partial charge is 0.367 e. The summed E-state index contributed by atoms with van der Waals surface area (Å²) in [5.74, 6) is -0.180. The Morgan fingerprint density at radius 3 is 2.80 bits per heavy atom. The van der Waals surface area contributed by atoms with E-state index in [1.165, 1.54) is 4.88 Å². The van der Waals surface area contributed by atoms with E-state index in [2.05, 4.69) is 34.7 Å². The fraction of sp³-hybridized carbons (Fsp3) is 0.375. The molecule has 2 nitrogen and oxygen atoms in total. The molecule has 20 heavy (non-hydrogen) atoms. The number of benzene rings is 1. The van der Waals surface area contributed by atoms with Crippen LogP contribution in [-0.2, 0) is 6.54 Å². The second kappa shape index (κ2) is 6.86. The number of thiophene rings is 1. The molecule has 0 bridgehead atoms. The fourth-order valence-electron chi connectivity index (χ4n) is 2.15. The van der Waals surface area contributed by atoms with Gasteiger partial charge in [-0.15, -0.1) is 11.3 Å². The van der Waals surface area contributed by atoms with Gasteiger partial charge in [-0.25, -0.2) is 4.39 Å². The molecule has 0 radical (unpaired) electrons. The summed E-state index contributed by atoms with van der Waals surface area (Å²) in [6, 6.07) is 9.64. The monoisotopic (exact) mass is 292 g/mol. The van der Waals surface area contributed by atoms with Gasteiger partial charge in [-0.05, 0) is 48.7 Å². The Kier molecular flexibility index (Phi) is 5.15. The van der Waals surface area contributed by atoms with E-state index in [0.29, 0.717) is 6.54 Å². The van der Waals surface area contributed by atoms with Crippen LogP contribution in [0.3, 0.4) is 0 Å². The summed E-state index contributed by atoms with van der Waals surface area (Å²) in [4.78, 5) is 3.40. The van der Waals surface area contributed by atoms with Crippen molar-refractivity contribution >= 4 is 17.0 Å². The maximum absolute atomic E-state index is 13.8. The van der Waals surface area contributed by atoms with Gasteiger partial charge in [-0.1, -0.05) is 13.0 Å². The van der Waals surface area contributed by atoms with Gasteiger partial charge in [0, 0.05) is 24.2 Å². The number of anilines is 1. The number of nitrogens with one attached hydrogen (secondary N) is 1. The average Bonchev–Trinajstić information content (AvgIpc) is 2.97. The van der Waals surface area contributed by atoms with Gasteiger partial charge in [-0.2, -0.15) is 0 Å². The van der Waals surface area contributed by atoms with Crippen LogP contribution in [0.4, 0.5) is 10.1 Å². The SMILES string of the molecule is CCNCc1cc(F)cc(N(C)C(C)c2cccs2)c1. The molecule has 1 atom stereocenters. The lowest BCUT2D eigenvalue weighted by Gasteiger charge is -2.27. The van der Waals surface area contributed by atoms with E-state index in [9.17, 15) is 4.39 Å². The van der Waals surface area contributed by atoms with Crippen LogP contribution in [-0.4, -0.2) is 13.6 Å². The predicted molar refractivity (Wildman–Crippen MR) is 84.9 cm³/mol. The Morgan fingerprint density at radius 1 is 1.35 bits per heavy atom. The van der Waals surface area contributed by atoms with Crippen LogP contribution in [0.15, 0.2) is 35.7 Å². The molecule has 0 fully saturated rings. The third-order valence-corrected chi connectivity index (χ3v) is 4.51. The van der Waals surface area contributed by atoms with Crippen LogP contribution >= 0.6 is 11.3 Å². The van der Waals surface area contributed by atoms with Crippen molar-refractivity contribution in [2.75, 3.05) is 18.5 Å². The summed E-state index contributed by atoms with van der Waals surface area (Å²) < 4.78 is 13.8. The molecule has 2 rings (SSSR count). The lowest BCUT2D eigenvalue weighted by Crippen LogP contribution is -2.21. The highest BCUT2D eigenvalue weighted by Crippen LogP contribution is 2.29. The fourth-order valence-corrected chi connectivity index (χ4v) is 2.98. The minimum absolute atomic E-state index is 0.180. The van der Waals surface area contributed by atoms with E-state index in [-0.39, 0.29) is 11.9 Å². The number of nitrogens with zero attached hydrogens (tertiary/aromatic N) is 1. The molecular formula is C16H21FN2S. The Labute approximate surface area is 124 Å². The molecule has 1 unspecified atom stereocenters. The molecule has 0 saturated heterocycles. The molecular weight excluding hydrogens is 271 g/mol. The Balaban J connectivity index is 2.20. The first-order valence-electron chi connectivity index (χ1n) is 6.88. The van der Waals surface area contributed by atoms with Gasteiger partial charge in [0.2, 0.25) is 0 Å². The number of hydrogen-bond donors (Lipinski definition) is 1. The first-order chi connectivity index (χ1) is 9.61. The van der Waals surface area contributed by atoms with E-state index < -0.39 is 0 Å². The third-order valence-electron chi connectivity index (χ3n) is 3.46. The molecule has 0 aliphatic heterocycles. The molecule has 2 aromatic rings. The molecule has 1 N–H and O–H groups in total. The minimum Gasteiger partial charge on any atom is -0.367 e. The van der Waals surface area contributed by atoms with E-state index >= 15 is 0 Å². The van der Waals surface area contributed by atoms with Crippen molar-refractivity contribution in [1.29, 1.82) is 0 Å². The van der Waals surface area contributed by atoms with Crippen molar-refractivity contribution in [1.82, 2.24) is 5.32 Å². The van der Waals surface area contributed by atoms with E-state index in [4.69, 9.17) is 0 Å². The third kappa shape index (κ3) is 3.58. The van der Waals surface area contributed by atoms with Crippen LogP contribution < -0.4 is 10.2 Å². The first kappa shape index (κ1) is 15.0. The topological polar surface area (TPSA) is 15.3 Å². The maximum atomic E-state index is 13.8. The Bertz CT molecular complexity index is 539. The second-order valence-electron chi connectivity index (χ2n) is 4.90. The van der Waals surface area contributed by atoms with Gasteiger partial charge in [-0.3, -0.25) is 0 Å². The molecule has 108 valence electrons. The van der Waals surface area contributed by atoms with Gasteiger partial charge in [0.05, 0.1) is 6.04 Å². The highest BCUT2D eigenvalue weighted by atomic mass is 32.1. The zero-order valence-electron chi connectivity index (χ0n) is 12.2. The maximum Gasteiger partial charge on any atom is 0.125 e. The van der Waals surface area contributed by atoms with E-state index in [1.807, 2.05) is 20.0 Å². The molecule has 0 saturated carbocycles. The Morgan fingerprint density at radius 2 is 2.15 bits per heavy atom. The van der Waals surface area contributed by atoms with Crippen molar-refractivity contribution in [2.24, 2.45) is 0 Å². The van der Waals surface area contributed by atoms with Crippen molar-refractivity contribution < 1.29 is 4.39 Å². The lowest BCUT2D eigenvalue weighted by molar-refractivity contribution is 0.619.